The van der Waals surface area contributed by atoms with E-state index >= 15 is 0 Å². The van der Waals surface area contributed by atoms with Crippen LogP contribution in [0.3, 0.4) is 0 Å². The molecule has 0 aliphatic carbocycles. The van der Waals surface area contributed by atoms with E-state index < -0.39 is 17.5 Å². The first kappa shape index (κ1) is 12.6. The number of nitrogens with zero attached hydrogens (tertiary/aromatic N) is 3. The minimum absolute atomic E-state index is 0.144. The van der Waals surface area contributed by atoms with Crippen LogP contribution in [0.15, 0.2) is 18.3 Å². The van der Waals surface area contributed by atoms with Crippen LogP contribution in [0, 0.1) is 17.5 Å². The molecule has 0 unspecified atom stereocenters. The molecule has 0 amide bonds. The lowest BCUT2D eigenvalue weighted by molar-refractivity contribution is 0.447. The molecule has 1 heterocycles. The molecule has 2 aromatic rings. The highest BCUT2D eigenvalue weighted by Crippen LogP contribution is 2.21. The summed E-state index contributed by atoms with van der Waals surface area (Å²) in [6.07, 6.45) is 2.25. The van der Waals surface area contributed by atoms with E-state index in [1.54, 1.807) is 0 Å². The van der Waals surface area contributed by atoms with Crippen LogP contribution >= 0.6 is 0 Å². The zero-order chi connectivity index (χ0) is 13.1. The fraction of sp³-hybridized carbons (Fsp3) is 0.273. The first-order valence-corrected chi connectivity index (χ1v) is 5.37. The summed E-state index contributed by atoms with van der Waals surface area (Å²) in [6.45, 7) is 1.07. The van der Waals surface area contributed by atoms with E-state index in [-0.39, 0.29) is 11.3 Å². The highest BCUT2D eigenvalue weighted by molar-refractivity contribution is 5.57. The Bertz CT molecular complexity index is 530. The standard InChI is InChI=1S/C11H11F3N4/c12-8-4-7(5-9(13)11(8)14)10-6-18(17-16-10)3-1-2-15/h4-6H,1-3,15H2. The van der Waals surface area contributed by atoms with Crippen molar-refractivity contribution in [2.75, 3.05) is 6.54 Å². The predicted molar refractivity (Wildman–Crippen MR) is 59.0 cm³/mol. The zero-order valence-corrected chi connectivity index (χ0v) is 9.41. The van der Waals surface area contributed by atoms with Crippen LogP contribution in [-0.2, 0) is 6.54 Å². The molecule has 4 nitrogen and oxygen atoms in total. The summed E-state index contributed by atoms with van der Waals surface area (Å²) in [4.78, 5) is 0. The van der Waals surface area contributed by atoms with Crippen molar-refractivity contribution in [3.8, 4) is 11.3 Å². The van der Waals surface area contributed by atoms with Crippen molar-refractivity contribution in [3.63, 3.8) is 0 Å². The fourth-order valence-corrected chi connectivity index (χ4v) is 1.50. The second-order valence-corrected chi connectivity index (χ2v) is 3.76. The molecular weight excluding hydrogens is 245 g/mol. The van der Waals surface area contributed by atoms with E-state index in [2.05, 4.69) is 10.3 Å². The molecule has 96 valence electrons. The Morgan fingerprint density at radius 3 is 2.44 bits per heavy atom. The Hall–Kier alpha value is -1.89. The second-order valence-electron chi connectivity index (χ2n) is 3.76. The topological polar surface area (TPSA) is 56.7 Å². The Balaban J connectivity index is 2.28. The monoisotopic (exact) mass is 256 g/mol. The average Bonchev–Trinajstić information content (AvgIpc) is 2.81. The minimum Gasteiger partial charge on any atom is -0.330 e. The van der Waals surface area contributed by atoms with Gasteiger partial charge in [0, 0.05) is 12.1 Å². The molecule has 0 fully saturated rings. The molecule has 1 aromatic heterocycles. The van der Waals surface area contributed by atoms with E-state index in [1.165, 1.54) is 10.9 Å². The summed E-state index contributed by atoms with van der Waals surface area (Å²) in [5, 5.41) is 7.55. The van der Waals surface area contributed by atoms with Crippen molar-refractivity contribution in [2.24, 2.45) is 5.73 Å². The normalized spacial score (nSPS) is 10.9. The number of rotatable bonds is 4. The van der Waals surface area contributed by atoms with Gasteiger partial charge in [0.15, 0.2) is 17.5 Å². The van der Waals surface area contributed by atoms with Gasteiger partial charge in [-0.15, -0.1) is 5.10 Å². The van der Waals surface area contributed by atoms with Gasteiger partial charge in [0.25, 0.3) is 0 Å². The average molecular weight is 256 g/mol. The van der Waals surface area contributed by atoms with Gasteiger partial charge in [-0.1, -0.05) is 5.21 Å². The molecular formula is C11H11F3N4. The van der Waals surface area contributed by atoms with Crippen LogP contribution in [0.4, 0.5) is 13.2 Å². The zero-order valence-electron chi connectivity index (χ0n) is 9.41. The van der Waals surface area contributed by atoms with Gasteiger partial charge in [0.05, 0.1) is 6.20 Å². The van der Waals surface area contributed by atoms with Crippen LogP contribution in [-0.4, -0.2) is 21.5 Å². The van der Waals surface area contributed by atoms with Crippen LogP contribution < -0.4 is 5.73 Å². The SMILES string of the molecule is NCCCn1cc(-c2cc(F)c(F)c(F)c2)nn1. The summed E-state index contributed by atoms with van der Waals surface area (Å²) < 4.78 is 40.4. The van der Waals surface area contributed by atoms with E-state index in [0.717, 1.165) is 18.6 Å². The van der Waals surface area contributed by atoms with Crippen LogP contribution in [0.25, 0.3) is 11.3 Å². The van der Waals surface area contributed by atoms with Crippen LogP contribution in [0.5, 0.6) is 0 Å². The molecule has 2 rings (SSSR count). The van der Waals surface area contributed by atoms with E-state index in [1.807, 2.05) is 0 Å². The third-order valence-electron chi connectivity index (χ3n) is 2.41. The largest absolute Gasteiger partial charge is 0.330 e. The van der Waals surface area contributed by atoms with E-state index in [0.29, 0.717) is 13.1 Å². The molecule has 0 atom stereocenters. The van der Waals surface area contributed by atoms with Gasteiger partial charge in [-0.05, 0) is 25.1 Å². The van der Waals surface area contributed by atoms with Gasteiger partial charge in [0.2, 0.25) is 0 Å². The van der Waals surface area contributed by atoms with Crippen molar-refractivity contribution in [1.82, 2.24) is 15.0 Å². The van der Waals surface area contributed by atoms with Crippen molar-refractivity contribution in [2.45, 2.75) is 13.0 Å². The first-order valence-electron chi connectivity index (χ1n) is 5.37. The van der Waals surface area contributed by atoms with Crippen molar-refractivity contribution >= 4 is 0 Å². The van der Waals surface area contributed by atoms with Crippen LogP contribution in [0.1, 0.15) is 6.42 Å². The minimum atomic E-state index is -1.49. The number of benzene rings is 1. The lowest BCUT2D eigenvalue weighted by Gasteiger charge is -1.99. The Morgan fingerprint density at radius 1 is 1.17 bits per heavy atom. The van der Waals surface area contributed by atoms with Crippen molar-refractivity contribution < 1.29 is 13.2 Å². The smallest absolute Gasteiger partial charge is 0.194 e. The molecule has 1 aromatic carbocycles. The van der Waals surface area contributed by atoms with Crippen molar-refractivity contribution in [3.05, 3.63) is 35.8 Å². The van der Waals surface area contributed by atoms with Gasteiger partial charge in [-0.3, -0.25) is 4.68 Å². The van der Waals surface area contributed by atoms with Gasteiger partial charge in [0.1, 0.15) is 5.69 Å². The van der Waals surface area contributed by atoms with Gasteiger partial charge >= 0.3 is 0 Å². The molecule has 0 saturated carbocycles. The Morgan fingerprint density at radius 2 is 1.83 bits per heavy atom. The second kappa shape index (κ2) is 5.18. The molecule has 0 radical (unpaired) electrons. The van der Waals surface area contributed by atoms with Gasteiger partial charge in [-0.2, -0.15) is 0 Å². The van der Waals surface area contributed by atoms with Gasteiger partial charge < -0.3 is 5.73 Å². The molecule has 0 spiro atoms. The number of hydrogen-bond acceptors (Lipinski definition) is 3. The summed E-state index contributed by atoms with van der Waals surface area (Å²) >= 11 is 0. The molecule has 0 aliphatic heterocycles. The quantitative estimate of drug-likeness (QED) is 0.847. The molecule has 7 heteroatoms. The number of aromatic nitrogens is 3. The van der Waals surface area contributed by atoms with Crippen LogP contribution in [0.2, 0.25) is 0 Å². The maximum absolute atomic E-state index is 13.0. The third-order valence-corrected chi connectivity index (χ3v) is 2.41. The lowest BCUT2D eigenvalue weighted by atomic mass is 10.1. The summed E-state index contributed by atoms with van der Waals surface area (Å²) in [7, 11) is 0. The maximum Gasteiger partial charge on any atom is 0.194 e. The highest BCUT2D eigenvalue weighted by atomic mass is 19.2. The summed E-state index contributed by atoms with van der Waals surface area (Å²) in [5.41, 5.74) is 5.77. The number of hydrogen-bond donors (Lipinski definition) is 1. The molecule has 0 saturated heterocycles. The fourth-order valence-electron chi connectivity index (χ4n) is 1.50. The first-order chi connectivity index (χ1) is 8.61. The maximum atomic E-state index is 13.0. The number of halogens is 3. The van der Waals surface area contributed by atoms with E-state index in [9.17, 15) is 13.2 Å². The third kappa shape index (κ3) is 2.51. The predicted octanol–water partition coefficient (Wildman–Crippen LogP) is 1.71. The summed E-state index contributed by atoms with van der Waals surface area (Å²) in [5.74, 6) is -3.99. The Kier molecular flexibility index (Phi) is 3.61. The molecule has 18 heavy (non-hydrogen) atoms. The van der Waals surface area contributed by atoms with Crippen molar-refractivity contribution in [1.29, 1.82) is 0 Å². The Labute approximate surface area is 101 Å². The molecule has 0 aliphatic rings. The molecule has 2 N–H and O–H groups in total. The molecule has 0 bridgehead atoms. The summed E-state index contributed by atoms with van der Waals surface area (Å²) in [6, 6.07) is 1.77. The van der Waals surface area contributed by atoms with E-state index in [4.69, 9.17) is 5.73 Å². The lowest BCUT2D eigenvalue weighted by Crippen LogP contribution is -2.06. The highest BCUT2D eigenvalue weighted by Gasteiger charge is 2.13. The number of aryl methyl sites for hydroxylation is 1. The van der Waals surface area contributed by atoms with Gasteiger partial charge in [-0.25, -0.2) is 13.2 Å². The number of nitrogens with two attached hydrogens (primary N) is 1.